The van der Waals surface area contributed by atoms with E-state index >= 15 is 0 Å². The number of aromatic hydroxyl groups is 1. The number of nitrogens with zero attached hydrogens (tertiary/aromatic N) is 1. The fourth-order valence-corrected chi connectivity index (χ4v) is 3.31. The van der Waals surface area contributed by atoms with E-state index in [1.807, 2.05) is 6.92 Å². The molecule has 19 heavy (non-hydrogen) atoms. The van der Waals surface area contributed by atoms with Gasteiger partial charge in [0.05, 0.1) is 6.04 Å². The lowest BCUT2D eigenvalue weighted by Gasteiger charge is -2.17. The molecular formula is C14H19N3O2. The van der Waals surface area contributed by atoms with Gasteiger partial charge in [-0.3, -0.25) is 4.79 Å². The number of carbonyl (C=O) groups is 1. The Morgan fingerprint density at radius 1 is 1.47 bits per heavy atom. The van der Waals surface area contributed by atoms with Gasteiger partial charge in [0.25, 0.3) is 0 Å². The maximum Gasteiger partial charge on any atom is 0.243 e. The third-order valence-corrected chi connectivity index (χ3v) is 4.28. The molecule has 3 N–H and O–H groups in total. The van der Waals surface area contributed by atoms with Gasteiger partial charge in [-0.15, -0.1) is 0 Å². The van der Waals surface area contributed by atoms with Crippen molar-refractivity contribution in [3.8, 4) is 5.75 Å². The molecule has 1 aliphatic carbocycles. The highest BCUT2D eigenvalue weighted by molar-refractivity contribution is 5.95. The van der Waals surface area contributed by atoms with Gasteiger partial charge in [0.2, 0.25) is 5.91 Å². The molecule has 0 radical (unpaired) electrons. The van der Waals surface area contributed by atoms with E-state index < -0.39 is 0 Å². The first kappa shape index (κ1) is 12.4. The van der Waals surface area contributed by atoms with Crippen LogP contribution in [0.2, 0.25) is 0 Å². The first-order valence-electron chi connectivity index (χ1n) is 6.86. The number of carbonyl (C=O) groups excluding carboxylic acids is 1. The molecule has 102 valence electrons. The molecule has 2 fully saturated rings. The number of fused-ring (bicyclic) bond motifs is 1. The van der Waals surface area contributed by atoms with E-state index in [9.17, 15) is 9.90 Å². The van der Waals surface area contributed by atoms with Crippen molar-refractivity contribution in [3.63, 3.8) is 0 Å². The molecule has 1 saturated carbocycles. The zero-order valence-electron chi connectivity index (χ0n) is 11.0. The van der Waals surface area contributed by atoms with Gasteiger partial charge in [0.15, 0.2) is 11.6 Å². The Hall–Kier alpha value is -1.62. The van der Waals surface area contributed by atoms with Crippen LogP contribution in [0.15, 0.2) is 12.1 Å². The molecule has 0 spiro atoms. The molecule has 1 aromatic heterocycles. The van der Waals surface area contributed by atoms with Crippen molar-refractivity contribution in [2.75, 3.05) is 11.9 Å². The molecule has 2 aliphatic rings. The van der Waals surface area contributed by atoms with Crippen LogP contribution in [0.3, 0.4) is 0 Å². The van der Waals surface area contributed by atoms with Gasteiger partial charge in [0.1, 0.15) is 0 Å². The summed E-state index contributed by atoms with van der Waals surface area (Å²) < 4.78 is 0. The smallest absolute Gasteiger partial charge is 0.243 e. The monoisotopic (exact) mass is 261 g/mol. The van der Waals surface area contributed by atoms with Crippen molar-refractivity contribution in [2.24, 2.45) is 11.8 Å². The van der Waals surface area contributed by atoms with Crippen molar-refractivity contribution >= 4 is 11.7 Å². The van der Waals surface area contributed by atoms with E-state index in [1.54, 1.807) is 12.1 Å². The van der Waals surface area contributed by atoms with Gasteiger partial charge in [-0.1, -0.05) is 6.42 Å². The molecular weight excluding hydrogens is 242 g/mol. The average molecular weight is 261 g/mol. The van der Waals surface area contributed by atoms with Gasteiger partial charge in [-0.25, -0.2) is 4.98 Å². The Labute approximate surface area is 112 Å². The van der Waals surface area contributed by atoms with E-state index in [2.05, 4.69) is 15.6 Å². The molecule has 2 heterocycles. The summed E-state index contributed by atoms with van der Waals surface area (Å²) >= 11 is 0. The van der Waals surface area contributed by atoms with E-state index in [1.165, 1.54) is 12.8 Å². The average Bonchev–Trinajstić information content (AvgIpc) is 2.95. The number of pyridine rings is 1. The fraction of sp³-hybridized carbons (Fsp3) is 0.571. The standard InChI is InChI=1S/C14H19N3O2/c1-8-5-6-11(18)13(16-8)17-14(19)12-10-4-2-3-9(10)7-15-12/h5-6,9-10,12,15,18H,2-4,7H2,1H3,(H,16,17,19). The zero-order chi connectivity index (χ0) is 13.4. The minimum atomic E-state index is -0.144. The molecule has 3 unspecified atom stereocenters. The summed E-state index contributed by atoms with van der Waals surface area (Å²) in [6, 6.07) is 3.12. The summed E-state index contributed by atoms with van der Waals surface area (Å²) in [4.78, 5) is 16.5. The number of amides is 1. The van der Waals surface area contributed by atoms with E-state index in [-0.39, 0.29) is 23.5 Å². The summed E-state index contributed by atoms with van der Waals surface area (Å²) in [6.45, 7) is 2.76. The highest BCUT2D eigenvalue weighted by Gasteiger charge is 2.42. The van der Waals surface area contributed by atoms with Crippen LogP contribution in [-0.4, -0.2) is 28.6 Å². The number of aryl methyl sites for hydroxylation is 1. The minimum absolute atomic E-state index is 0.0138. The van der Waals surface area contributed by atoms with E-state index in [0.29, 0.717) is 11.8 Å². The van der Waals surface area contributed by atoms with Crippen molar-refractivity contribution in [1.29, 1.82) is 0 Å². The second-order valence-corrected chi connectivity index (χ2v) is 5.55. The number of aromatic nitrogens is 1. The summed E-state index contributed by atoms with van der Waals surface area (Å²) in [7, 11) is 0. The third-order valence-electron chi connectivity index (χ3n) is 4.28. The van der Waals surface area contributed by atoms with Gasteiger partial charge in [-0.05, 0) is 50.3 Å². The second kappa shape index (κ2) is 4.81. The Morgan fingerprint density at radius 3 is 3.16 bits per heavy atom. The highest BCUT2D eigenvalue weighted by atomic mass is 16.3. The van der Waals surface area contributed by atoms with Crippen LogP contribution in [-0.2, 0) is 4.79 Å². The van der Waals surface area contributed by atoms with Crippen LogP contribution in [0.5, 0.6) is 5.75 Å². The molecule has 1 amide bonds. The van der Waals surface area contributed by atoms with Crippen molar-refractivity contribution in [2.45, 2.75) is 32.2 Å². The number of anilines is 1. The first-order chi connectivity index (χ1) is 9.15. The number of rotatable bonds is 2. The summed E-state index contributed by atoms with van der Waals surface area (Å²) in [5, 5.41) is 15.8. The highest BCUT2D eigenvalue weighted by Crippen LogP contribution is 2.38. The molecule has 0 bridgehead atoms. The summed E-state index contributed by atoms with van der Waals surface area (Å²) in [5.74, 6) is 1.26. The van der Waals surface area contributed by atoms with E-state index in [4.69, 9.17) is 0 Å². The van der Waals surface area contributed by atoms with Crippen LogP contribution in [0.1, 0.15) is 25.0 Å². The van der Waals surface area contributed by atoms with Crippen molar-refractivity contribution < 1.29 is 9.90 Å². The van der Waals surface area contributed by atoms with Crippen LogP contribution < -0.4 is 10.6 Å². The third kappa shape index (κ3) is 2.30. The molecule has 3 atom stereocenters. The van der Waals surface area contributed by atoms with Crippen LogP contribution >= 0.6 is 0 Å². The predicted molar refractivity (Wildman–Crippen MR) is 71.9 cm³/mol. The molecule has 0 aromatic carbocycles. The predicted octanol–water partition coefficient (Wildman–Crippen LogP) is 1.42. The molecule has 1 aromatic rings. The van der Waals surface area contributed by atoms with Gasteiger partial charge < -0.3 is 15.7 Å². The maximum absolute atomic E-state index is 12.3. The first-order valence-corrected chi connectivity index (χ1v) is 6.86. The molecule has 1 saturated heterocycles. The van der Waals surface area contributed by atoms with Crippen molar-refractivity contribution in [3.05, 3.63) is 17.8 Å². The van der Waals surface area contributed by atoms with Crippen LogP contribution in [0.25, 0.3) is 0 Å². The minimum Gasteiger partial charge on any atom is -0.504 e. The lowest BCUT2D eigenvalue weighted by molar-refractivity contribution is -0.118. The fourth-order valence-electron chi connectivity index (χ4n) is 3.31. The van der Waals surface area contributed by atoms with Gasteiger partial charge in [0, 0.05) is 5.69 Å². The summed E-state index contributed by atoms with van der Waals surface area (Å²) in [5.41, 5.74) is 0.770. The number of hydrogen-bond donors (Lipinski definition) is 3. The van der Waals surface area contributed by atoms with Crippen molar-refractivity contribution in [1.82, 2.24) is 10.3 Å². The zero-order valence-corrected chi connectivity index (χ0v) is 11.0. The quantitative estimate of drug-likeness (QED) is 0.752. The number of nitrogens with one attached hydrogen (secondary N) is 2. The molecule has 1 aliphatic heterocycles. The van der Waals surface area contributed by atoms with Gasteiger partial charge >= 0.3 is 0 Å². The Bertz CT molecular complexity index is 503. The maximum atomic E-state index is 12.3. The largest absolute Gasteiger partial charge is 0.504 e. The van der Waals surface area contributed by atoms with E-state index in [0.717, 1.165) is 18.7 Å². The molecule has 5 heteroatoms. The Balaban J connectivity index is 1.73. The normalized spacial score (nSPS) is 29.2. The summed E-state index contributed by atoms with van der Waals surface area (Å²) in [6.07, 6.45) is 3.55. The van der Waals surface area contributed by atoms with Crippen LogP contribution in [0, 0.1) is 18.8 Å². The molecule has 3 rings (SSSR count). The lowest BCUT2D eigenvalue weighted by Crippen LogP contribution is -2.39. The topological polar surface area (TPSA) is 74.2 Å². The second-order valence-electron chi connectivity index (χ2n) is 5.55. The van der Waals surface area contributed by atoms with Crippen LogP contribution in [0.4, 0.5) is 5.82 Å². The lowest BCUT2D eigenvalue weighted by atomic mass is 9.93. The van der Waals surface area contributed by atoms with Gasteiger partial charge in [-0.2, -0.15) is 0 Å². The Morgan fingerprint density at radius 2 is 2.32 bits per heavy atom. The SMILES string of the molecule is Cc1ccc(O)c(NC(=O)C2NCC3CCCC32)n1. The Kier molecular flexibility index (Phi) is 3.14. The number of hydrogen-bond acceptors (Lipinski definition) is 4. The molecule has 5 nitrogen and oxygen atoms in total.